The van der Waals surface area contributed by atoms with Crippen molar-refractivity contribution in [2.75, 3.05) is 18.0 Å². The van der Waals surface area contributed by atoms with Crippen LogP contribution in [0.15, 0.2) is 48.5 Å². The molecule has 1 amide bonds. The van der Waals surface area contributed by atoms with Crippen molar-refractivity contribution in [2.45, 2.75) is 25.8 Å². The molecular formula is C20H22N2O3. The number of carboxylic acid groups (broad SMARTS) is 1. The van der Waals surface area contributed by atoms with Crippen LogP contribution in [0.1, 0.15) is 45.5 Å². The average Bonchev–Trinajstić information content (AvgIpc) is 2.67. The minimum absolute atomic E-state index is 0.173. The van der Waals surface area contributed by atoms with E-state index in [1.54, 1.807) is 0 Å². The second-order valence-electron chi connectivity index (χ2n) is 6.24. The molecule has 25 heavy (non-hydrogen) atoms. The molecule has 1 aliphatic rings. The zero-order valence-electron chi connectivity index (χ0n) is 14.1. The summed E-state index contributed by atoms with van der Waals surface area (Å²) in [6, 6.07) is 14.1. The van der Waals surface area contributed by atoms with Crippen LogP contribution in [-0.4, -0.2) is 30.1 Å². The van der Waals surface area contributed by atoms with Crippen LogP contribution in [0.5, 0.6) is 0 Å². The van der Waals surface area contributed by atoms with Crippen LogP contribution in [0.25, 0.3) is 0 Å². The van der Waals surface area contributed by atoms with E-state index in [-0.39, 0.29) is 11.5 Å². The number of hydrogen-bond acceptors (Lipinski definition) is 3. The van der Waals surface area contributed by atoms with E-state index in [9.17, 15) is 9.59 Å². The van der Waals surface area contributed by atoms with Crippen molar-refractivity contribution in [1.29, 1.82) is 0 Å². The minimum Gasteiger partial charge on any atom is -0.478 e. The van der Waals surface area contributed by atoms with E-state index in [0.29, 0.717) is 12.1 Å². The normalized spacial score (nSPS) is 14.2. The summed E-state index contributed by atoms with van der Waals surface area (Å²) in [5.41, 5.74) is 2.91. The van der Waals surface area contributed by atoms with Crippen LogP contribution < -0.4 is 10.2 Å². The van der Waals surface area contributed by atoms with E-state index in [4.69, 9.17) is 5.11 Å². The van der Waals surface area contributed by atoms with Gasteiger partial charge < -0.3 is 15.3 Å². The predicted octanol–water partition coefficient (Wildman–Crippen LogP) is 3.31. The van der Waals surface area contributed by atoms with Crippen molar-refractivity contribution < 1.29 is 14.7 Å². The van der Waals surface area contributed by atoms with Gasteiger partial charge in [0, 0.05) is 30.9 Å². The number of carbonyl (C=O) groups excluding carboxylic acids is 1. The maximum Gasteiger partial charge on any atom is 0.335 e. The van der Waals surface area contributed by atoms with Gasteiger partial charge in [-0.15, -0.1) is 0 Å². The number of piperidine rings is 1. The Hall–Kier alpha value is -2.82. The molecule has 0 aliphatic carbocycles. The summed E-state index contributed by atoms with van der Waals surface area (Å²) >= 11 is 0. The fraction of sp³-hybridized carbons (Fsp3) is 0.300. The van der Waals surface area contributed by atoms with Gasteiger partial charge in [0.25, 0.3) is 5.91 Å². The number of hydrogen-bond donors (Lipinski definition) is 2. The van der Waals surface area contributed by atoms with Gasteiger partial charge in [0.05, 0.1) is 5.56 Å². The van der Waals surface area contributed by atoms with Crippen LogP contribution in [0, 0.1) is 0 Å². The molecule has 0 aromatic heterocycles. The average molecular weight is 338 g/mol. The van der Waals surface area contributed by atoms with Gasteiger partial charge in [0.15, 0.2) is 0 Å². The summed E-state index contributed by atoms with van der Waals surface area (Å²) in [7, 11) is 0. The Balaban J connectivity index is 1.67. The molecule has 0 saturated carbocycles. The molecule has 5 heteroatoms. The molecule has 1 fully saturated rings. The third kappa shape index (κ3) is 4.18. The second-order valence-corrected chi connectivity index (χ2v) is 6.24. The summed E-state index contributed by atoms with van der Waals surface area (Å²) in [4.78, 5) is 25.6. The molecule has 1 aliphatic heterocycles. The molecule has 2 aromatic carbocycles. The Kier molecular flexibility index (Phi) is 5.33. The van der Waals surface area contributed by atoms with Gasteiger partial charge in [-0.1, -0.05) is 18.2 Å². The summed E-state index contributed by atoms with van der Waals surface area (Å²) in [5.74, 6) is -1.20. The van der Waals surface area contributed by atoms with Crippen LogP contribution in [0.4, 0.5) is 5.69 Å². The van der Waals surface area contributed by atoms with E-state index in [2.05, 4.69) is 16.3 Å². The van der Waals surface area contributed by atoms with E-state index in [0.717, 1.165) is 18.7 Å². The lowest BCUT2D eigenvalue weighted by molar-refractivity contribution is 0.0696. The predicted molar refractivity (Wildman–Crippen MR) is 97.1 cm³/mol. The Morgan fingerprint density at radius 1 is 0.920 bits per heavy atom. The SMILES string of the molecule is O=C(O)c1ccc(C(=O)NCc2ccccc2N2CCCCC2)cc1. The molecule has 0 bridgehead atoms. The van der Waals surface area contributed by atoms with Crippen molar-refractivity contribution in [1.82, 2.24) is 5.32 Å². The monoisotopic (exact) mass is 338 g/mol. The van der Waals surface area contributed by atoms with Crippen molar-refractivity contribution in [3.05, 3.63) is 65.2 Å². The van der Waals surface area contributed by atoms with Gasteiger partial charge in [-0.2, -0.15) is 0 Å². The smallest absolute Gasteiger partial charge is 0.335 e. The highest BCUT2D eigenvalue weighted by Gasteiger charge is 2.15. The standard InChI is InChI=1S/C20H22N2O3/c23-19(15-8-10-16(11-9-15)20(24)25)21-14-17-6-2-3-7-18(17)22-12-4-1-5-13-22/h2-3,6-11H,1,4-5,12-14H2,(H,21,23)(H,24,25). The number of amides is 1. The van der Waals surface area contributed by atoms with E-state index >= 15 is 0 Å². The summed E-state index contributed by atoms with van der Waals surface area (Å²) in [6.45, 7) is 2.56. The van der Waals surface area contributed by atoms with Crippen LogP contribution in [-0.2, 0) is 6.54 Å². The van der Waals surface area contributed by atoms with Crippen molar-refractivity contribution in [2.24, 2.45) is 0 Å². The first-order valence-electron chi connectivity index (χ1n) is 8.59. The molecule has 1 saturated heterocycles. The van der Waals surface area contributed by atoms with Gasteiger partial charge in [0.2, 0.25) is 0 Å². The van der Waals surface area contributed by atoms with E-state index in [1.165, 1.54) is 49.2 Å². The zero-order chi connectivity index (χ0) is 17.6. The largest absolute Gasteiger partial charge is 0.478 e. The fourth-order valence-corrected chi connectivity index (χ4v) is 3.15. The van der Waals surface area contributed by atoms with Gasteiger partial charge >= 0.3 is 5.97 Å². The lowest BCUT2D eigenvalue weighted by atomic mass is 10.1. The third-order valence-electron chi connectivity index (χ3n) is 4.52. The maximum atomic E-state index is 12.3. The Morgan fingerprint density at radius 3 is 2.24 bits per heavy atom. The molecule has 0 atom stereocenters. The Bertz CT molecular complexity index is 750. The molecule has 3 rings (SSSR count). The van der Waals surface area contributed by atoms with Crippen molar-refractivity contribution in [3.63, 3.8) is 0 Å². The molecule has 0 unspecified atom stereocenters. The lowest BCUT2D eigenvalue weighted by Gasteiger charge is -2.30. The molecule has 2 aromatic rings. The number of nitrogens with one attached hydrogen (secondary N) is 1. The Labute approximate surface area is 147 Å². The summed E-state index contributed by atoms with van der Waals surface area (Å²) in [5, 5.41) is 11.8. The fourth-order valence-electron chi connectivity index (χ4n) is 3.15. The number of carbonyl (C=O) groups is 2. The number of anilines is 1. The first-order valence-corrected chi connectivity index (χ1v) is 8.59. The number of benzene rings is 2. The zero-order valence-corrected chi connectivity index (χ0v) is 14.1. The van der Waals surface area contributed by atoms with Gasteiger partial charge in [-0.3, -0.25) is 4.79 Å². The summed E-state index contributed by atoms with van der Waals surface area (Å²) in [6.07, 6.45) is 3.69. The van der Waals surface area contributed by atoms with E-state index in [1.807, 2.05) is 18.2 Å². The number of aromatic carboxylic acids is 1. The van der Waals surface area contributed by atoms with Gasteiger partial charge in [0.1, 0.15) is 0 Å². The maximum absolute atomic E-state index is 12.3. The number of para-hydroxylation sites is 1. The molecule has 0 spiro atoms. The third-order valence-corrected chi connectivity index (χ3v) is 4.52. The van der Waals surface area contributed by atoms with Gasteiger partial charge in [-0.05, 0) is 55.2 Å². The Morgan fingerprint density at radius 2 is 1.56 bits per heavy atom. The van der Waals surface area contributed by atoms with Gasteiger partial charge in [-0.25, -0.2) is 4.79 Å². The van der Waals surface area contributed by atoms with Crippen molar-refractivity contribution in [3.8, 4) is 0 Å². The number of carboxylic acids is 1. The second kappa shape index (κ2) is 7.83. The molecule has 130 valence electrons. The first-order chi connectivity index (χ1) is 12.1. The molecule has 0 radical (unpaired) electrons. The minimum atomic E-state index is -0.998. The topological polar surface area (TPSA) is 69.6 Å². The van der Waals surface area contributed by atoms with Crippen LogP contribution >= 0.6 is 0 Å². The van der Waals surface area contributed by atoms with E-state index < -0.39 is 5.97 Å². The highest BCUT2D eigenvalue weighted by atomic mass is 16.4. The van der Waals surface area contributed by atoms with Crippen molar-refractivity contribution >= 4 is 17.6 Å². The number of nitrogens with zero attached hydrogens (tertiary/aromatic N) is 1. The van der Waals surface area contributed by atoms with Crippen LogP contribution in [0.2, 0.25) is 0 Å². The molecule has 2 N–H and O–H groups in total. The molecule has 5 nitrogen and oxygen atoms in total. The van der Waals surface area contributed by atoms with Crippen LogP contribution in [0.3, 0.4) is 0 Å². The molecule has 1 heterocycles. The highest BCUT2D eigenvalue weighted by molar-refractivity contribution is 5.95. The summed E-state index contributed by atoms with van der Waals surface area (Å²) < 4.78 is 0. The lowest BCUT2D eigenvalue weighted by Crippen LogP contribution is -2.31. The number of rotatable bonds is 5. The first kappa shape index (κ1) is 17.0. The quantitative estimate of drug-likeness (QED) is 0.877. The molecular weight excluding hydrogens is 316 g/mol. The highest BCUT2D eigenvalue weighted by Crippen LogP contribution is 2.24.